The molecule has 6 heteroatoms. The molecule has 0 bridgehead atoms. The van der Waals surface area contributed by atoms with E-state index in [0.717, 1.165) is 16.9 Å². The molecule has 1 aromatic carbocycles. The van der Waals surface area contributed by atoms with Gasteiger partial charge in [-0.15, -0.1) is 10.2 Å². The van der Waals surface area contributed by atoms with E-state index in [-0.39, 0.29) is 12.8 Å². The zero-order valence-corrected chi connectivity index (χ0v) is 10.7. The van der Waals surface area contributed by atoms with E-state index in [1.807, 2.05) is 25.1 Å². The predicted molar refractivity (Wildman–Crippen MR) is 67.0 cm³/mol. The van der Waals surface area contributed by atoms with Gasteiger partial charge < -0.3 is 14.3 Å². The summed E-state index contributed by atoms with van der Waals surface area (Å²) < 4.78 is 10.6. The number of nitrogens with zero attached hydrogens (tertiary/aromatic N) is 2. The number of aromatic nitrogens is 2. The Labute approximate surface area is 110 Å². The van der Waals surface area contributed by atoms with Crippen molar-refractivity contribution in [2.75, 3.05) is 7.11 Å². The number of benzene rings is 1. The maximum absolute atomic E-state index is 10.5. The van der Waals surface area contributed by atoms with E-state index >= 15 is 0 Å². The zero-order valence-electron chi connectivity index (χ0n) is 10.7. The lowest BCUT2D eigenvalue weighted by Crippen LogP contribution is -1.97. The summed E-state index contributed by atoms with van der Waals surface area (Å²) in [5, 5.41) is 16.3. The quantitative estimate of drug-likeness (QED) is 0.887. The molecule has 6 nitrogen and oxygen atoms in total. The average Bonchev–Trinajstić information content (AvgIpc) is 2.85. The highest BCUT2D eigenvalue weighted by atomic mass is 16.5. The summed E-state index contributed by atoms with van der Waals surface area (Å²) in [5.74, 6) is 0.603. The van der Waals surface area contributed by atoms with Crippen molar-refractivity contribution >= 4 is 5.97 Å². The first kappa shape index (κ1) is 13.1. The molecule has 0 unspecified atom stereocenters. The number of hydrogen-bond acceptors (Lipinski definition) is 5. The van der Waals surface area contributed by atoms with Gasteiger partial charge in [0.25, 0.3) is 0 Å². The second-order valence-corrected chi connectivity index (χ2v) is 4.08. The van der Waals surface area contributed by atoms with Crippen molar-refractivity contribution < 1.29 is 19.1 Å². The molecule has 0 aliphatic rings. The molecule has 0 saturated carbocycles. The van der Waals surface area contributed by atoms with Crippen molar-refractivity contribution in [2.24, 2.45) is 0 Å². The van der Waals surface area contributed by atoms with Gasteiger partial charge in [-0.1, -0.05) is 0 Å². The molecule has 0 amide bonds. The van der Waals surface area contributed by atoms with Crippen molar-refractivity contribution in [3.63, 3.8) is 0 Å². The van der Waals surface area contributed by atoms with Gasteiger partial charge in [0.2, 0.25) is 11.8 Å². The van der Waals surface area contributed by atoms with Crippen molar-refractivity contribution in [2.45, 2.75) is 19.8 Å². The molecule has 0 spiro atoms. The van der Waals surface area contributed by atoms with Crippen LogP contribution in [0.5, 0.6) is 5.75 Å². The van der Waals surface area contributed by atoms with Crippen LogP contribution in [0.2, 0.25) is 0 Å². The molecule has 1 heterocycles. The first-order valence-corrected chi connectivity index (χ1v) is 5.79. The lowest BCUT2D eigenvalue weighted by molar-refractivity contribution is -0.137. The SMILES string of the molecule is COc1ccc(-c2nnc(CCC(=O)O)o2)cc1C. The van der Waals surface area contributed by atoms with Crippen LogP contribution in [0.25, 0.3) is 11.5 Å². The summed E-state index contributed by atoms with van der Waals surface area (Å²) >= 11 is 0. The normalized spacial score (nSPS) is 10.4. The van der Waals surface area contributed by atoms with E-state index in [0.29, 0.717) is 11.8 Å². The molecule has 0 radical (unpaired) electrons. The molecule has 0 aliphatic heterocycles. The fraction of sp³-hybridized carbons (Fsp3) is 0.308. The second-order valence-electron chi connectivity index (χ2n) is 4.08. The number of carbonyl (C=O) groups is 1. The number of hydrogen-bond donors (Lipinski definition) is 1. The van der Waals surface area contributed by atoms with E-state index in [9.17, 15) is 4.79 Å². The summed E-state index contributed by atoms with van der Waals surface area (Å²) in [4.78, 5) is 10.5. The Morgan fingerprint density at radius 3 is 2.84 bits per heavy atom. The molecular weight excluding hydrogens is 248 g/mol. The summed E-state index contributed by atoms with van der Waals surface area (Å²) in [7, 11) is 1.61. The van der Waals surface area contributed by atoms with Gasteiger partial charge in [0, 0.05) is 12.0 Å². The lowest BCUT2D eigenvalue weighted by atomic mass is 10.1. The van der Waals surface area contributed by atoms with Crippen LogP contribution < -0.4 is 4.74 Å². The smallest absolute Gasteiger partial charge is 0.303 e. The Bertz CT molecular complexity index is 592. The van der Waals surface area contributed by atoms with Crippen LogP contribution in [0.4, 0.5) is 0 Å². The third kappa shape index (κ3) is 3.09. The predicted octanol–water partition coefficient (Wildman–Crippen LogP) is 2.07. The number of aryl methyl sites for hydroxylation is 2. The highest BCUT2D eigenvalue weighted by Gasteiger charge is 2.11. The fourth-order valence-corrected chi connectivity index (χ4v) is 1.70. The minimum Gasteiger partial charge on any atom is -0.496 e. The first-order chi connectivity index (χ1) is 9.10. The molecular formula is C13H14N2O4. The Kier molecular flexibility index (Phi) is 3.79. The Morgan fingerprint density at radius 2 is 2.21 bits per heavy atom. The van der Waals surface area contributed by atoms with Gasteiger partial charge in [-0.25, -0.2) is 0 Å². The van der Waals surface area contributed by atoms with Gasteiger partial charge in [-0.3, -0.25) is 4.79 Å². The van der Waals surface area contributed by atoms with Crippen LogP contribution in [-0.4, -0.2) is 28.4 Å². The van der Waals surface area contributed by atoms with E-state index < -0.39 is 5.97 Å². The maximum Gasteiger partial charge on any atom is 0.303 e. The molecule has 1 aromatic heterocycles. The van der Waals surface area contributed by atoms with Gasteiger partial charge >= 0.3 is 5.97 Å². The molecule has 100 valence electrons. The topological polar surface area (TPSA) is 85.5 Å². The van der Waals surface area contributed by atoms with Crippen LogP contribution in [-0.2, 0) is 11.2 Å². The van der Waals surface area contributed by atoms with Gasteiger partial charge in [0.1, 0.15) is 5.75 Å². The molecule has 19 heavy (non-hydrogen) atoms. The van der Waals surface area contributed by atoms with Crippen LogP contribution >= 0.6 is 0 Å². The minimum absolute atomic E-state index is 0.0245. The standard InChI is InChI=1S/C13H14N2O4/c1-8-7-9(3-4-10(8)18-2)13-15-14-11(19-13)5-6-12(16)17/h3-4,7H,5-6H2,1-2H3,(H,16,17). The summed E-state index contributed by atoms with van der Waals surface area (Å²) in [6, 6.07) is 5.53. The van der Waals surface area contributed by atoms with Gasteiger partial charge in [-0.2, -0.15) is 0 Å². The molecule has 2 aromatic rings. The summed E-state index contributed by atoms with van der Waals surface area (Å²) in [6.45, 7) is 1.92. The van der Waals surface area contributed by atoms with Gasteiger partial charge in [0.05, 0.1) is 13.5 Å². The van der Waals surface area contributed by atoms with Crippen LogP contribution in [0, 0.1) is 6.92 Å². The number of methoxy groups -OCH3 is 1. The Balaban J connectivity index is 2.18. The van der Waals surface area contributed by atoms with Gasteiger partial charge in [0.15, 0.2) is 0 Å². The molecule has 0 aliphatic carbocycles. The Morgan fingerprint density at radius 1 is 1.42 bits per heavy atom. The van der Waals surface area contributed by atoms with Crippen molar-refractivity contribution in [3.05, 3.63) is 29.7 Å². The van der Waals surface area contributed by atoms with E-state index in [1.165, 1.54) is 0 Å². The molecule has 0 fully saturated rings. The van der Waals surface area contributed by atoms with Crippen LogP contribution in [0.1, 0.15) is 17.9 Å². The highest BCUT2D eigenvalue weighted by Crippen LogP contribution is 2.25. The molecule has 2 rings (SSSR count). The minimum atomic E-state index is -0.889. The molecule has 1 N–H and O–H groups in total. The van der Waals surface area contributed by atoms with E-state index in [2.05, 4.69) is 10.2 Å². The average molecular weight is 262 g/mol. The monoisotopic (exact) mass is 262 g/mol. The second kappa shape index (κ2) is 5.51. The molecule has 0 atom stereocenters. The van der Waals surface area contributed by atoms with E-state index in [4.69, 9.17) is 14.3 Å². The highest BCUT2D eigenvalue weighted by molar-refractivity contribution is 5.66. The maximum atomic E-state index is 10.5. The number of carboxylic acid groups (broad SMARTS) is 1. The molecule has 0 saturated heterocycles. The summed E-state index contributed by atoms with van der Waals surface area (Å²) in [6.07, 6.45) is 0.209. The third-order valence-corrected chi connectivity index (χ3v) is 2.66. The van der Waals surface area contributed by atoms with Crippen LogP contribution in [0.3, 0.4) is 0 Å². The van der Waals surface area contributed by atoms with E-state index in [1.54, 1.807) is 7.11 Å². The Hall–Kier alpha value is -2.37. The zero-order chi connectivity index (χ0) is 13.8. The van der Waals surface area contributed by atoms with Crippen molar-refractivity contribution in [1.82, 2.24) is 10.2 Å². The van der Waals surface area contributed by atoms with Gasteiger partial charge in [-0.05, 0) is 30.7 Å². The fourth-order valence-electron chi connectivity index (χ4n) is 1.70. The van der Waals surface area contributed by atoms with Crippen molar-refractivity contribution in [1.29, 1.82) is 0 Å². The third-order valence-electron chi connectivity index (χ3n) is 2.66. The number of carboxylic acids is 1. The van der Waals surface area contributed by atoms with Crippen molar-refractivity contribution in [3.8, 4) is 17.2 Å². The first-order valence-electron chi connectivity index (χ1n) is 5.79. The largest absolute Gasteiger partial charge is 0.496 e. The number of rotatable bonds is 5. The summed E-state index contributed by atoms with van der Waals surface area (Å²) in [5.41, 5.74) is 1.75. The lowest BCUT2D eigenvalue weighted by Gasteiger charge is -2.04. The number of aliphatic carboxylic acids is 1. The van der Waals surface area contributed by atoms with Crippen LogP contribution in [0.15, 0.2) is 22.6 Å². The number of ether oxygens (including phenoxy) is 1.